The Labute approximate surface area is 180 Å². The monoisotopic (exact) mass is 429 g/mol. The van der Waals surface area contributed by atoms with Crippen LogP contribution in [0.1, 0.15) is 30.5 Å². The molecular weight excluding hydrogens is 409 g/mol. The van der Waals surface area contributed by atoms with Crippen LogP contribution >= 0.6 is 23.2 Å². The van der Waals surface area contributed by atoms with E-state index in [9.17, 15) is 9.59 Å². The quantitative estimate of drug-likeness (QED) is 0.450. The summed E-state index contributed by atoms with van der Waals surface area (Å²) in [4.78, 5) is 27.6. The number of aryl methyl sites for hydroxylation is 2. The molecule has 2 aromatic carbocycles. The predicted molar refractivity (Wildman–Crippen MR) is 117 cm³/mol. The van der Waals surface area contributed by atoms with Gasteiger partial charge in [-0.1, -0.05) is 35.3 Å². The third-order valence-corrected chi connectivity index (χ3v) is 5.58. The highest BCUT2D eigenvalue weighted by Gasteiger charge is 2.38. The average Bonchev–Trinajstić information content (AvgIpc) is 2.91. The number of rotatable bonds is 4. The first-order valence-electron chi connectivity index (χ1n) is 9.22. The minimum Gasteiger partial charge on any atom is -0.462 e. The predicted octanol–water partition coefficient (Wildman–Crippen LogP) is 5.88. The molecule has 0 unspecified atom stereocenters. The summed E-state index contributed by atoms with van der Waals surface area (Å²) in [6.45, 7) is 7.63. The number of benzene rings is 2. The van der Waals surface area contributed by atoms with E-state index in [0.29, 0.717) is 27.0 Å². The third-order valence-electron chi connectivity index (χ3n) is 4.92. The highest BCUT2D eigenvalue weighted by molar-refractivity contribution is 6.37. The highest BCUT2D eigenvalue weighted by Crippen LogP contribution is 2.37. The Hall–Kier alpha value is -2.56. The van der Waals surface area contributed by atoms with Gasteiger partial charge < -0.3 is 4.74 Å². The van der Waals surface area contributed by atoms with E-state index in [-0.39, 0.29) is 23.7 Å². The number of anilines is 1. The Balaban J connectivity index is 2.20. The number of hydrogen-bond donors (Lipinski definition) is 0. The van der Waals surface area contributed by atoms with Crippen LogP contribution in [0.2, 0.25) is 10.0 Å². The molecule has 1 amide bonds. The Kier molecular flexibility index (Phi) is 6.15. The van der Waals surface area contributed by atoms with Crippen LogP contribution in [0.3, 0.4) is 0 Å². The molecule has 3 rings (SSSR count). The van der Waals surface area contributed by atoms with Crippen molar-refractivity contribution in [1.29, 1.82) is 0 Å². The van der Waals surface area contributed by atoms with E-state index in [2.05, 4.69) is 0 Å². The van der Waals surface area contributed by atoms with Crippen molar-refractivity contribution in [2.24, 2.45) is 0 Å². The number of carbonyl (C=O) groups excluding carboxylic acids is 2. The number of amides is 1. The maximum absolute atomic E-state index is 13.4. The Morgan fingerprint density at radius 3 is 2.31 bits per heavy atom. The smallest absolute Gasteiger partial charge is 0.340 e. The molecule has 1 aliphatic rings. The normalized spacial score (nSPS) is 15.4. The van der Waals surface area contributed by atoms with Crippen molar-refractivity contribution in [3.63, 3.8) is 0 Å². The summed E-state index contributed by atoms with van der Waals surface area (Å²) < 4.78 is 5.22. The van der Waals surface area contributed by atoms with Crippen molar-refractivity contribution >= 4 is 46.8 Å². The van der Waals surface area contributed by atoms with Gasteiger partial charge in [-0.3, -0.25) is 9.69 Å². The van der Waals surface area contributed by atoms with Gasteiger partial charge in [0.15, 0.2) is 0 Å². The molecule has 1 heterocycles. The molecule has 0 spiro atoms. The van der Waals surface area contributed by atoms with E-state index in [1.807, 2.05) is 32.0 Å². The van der Waals surface area contributed by atoms with Gasteiger partial charge in [-0.15, -0.1) is 0 Å². The fraction of sp³-hybridized carbons (Fsp3) is 0.217. The molecule has 0 aromatic heterocycles. The van der Waals surface area contributed by atoms with Crippen LogP contribution in [0.15, 0.2) is 53.2 Å². The summed E-state index contributed by atoms with van der Waals surface area (Å²) in [6.07, 6.45) is 1.56. The number of hydrogen-bond acceptors (Lipinski definition) is 3. The first-order valence-corrected chi connectivity index (χ1v) is 9.97. The molecule has 0 saturated heterocycles. The molecule has 2 aromatic rings. The van der Waals surface area contributed by atoms with Crippen LogP contribution in [0.25, 0.3) is 6.08 Å². The summed E-state index contributed by atoms with van der Waals surface area (Å²) >= 11 is 12.6. The topological polar surface area (TPSA) is 46.6 Å². The van der Waals surface area contributed by atoms with Crippen molar-refractivity contribution in [3.8, 4) is 0 Å². The van der Waals surface area contributed by atoms with Gasteiger partial charge in [0.25, 0.3) is 5.91 Å². The number of halogens is 2. The van der Waals surface area contributed by atoms with Gasteiger partial charge in [-0.05, 0) is 69.2 Å². The van der Waals surface area contributed by atoms with Crippen molar-refractivity contribution in [2.75, 3.05) is 11.5 Å². The lowest BCUT2D eigenvalue weighted by Crippen LogP contribution is -2.24. The molecule has 150 valence electrons. The molecular formula is C23H21Cl2NO3. The van der Waals surface area contributed by atoms with Gasteiger partial charge in [0, 0.05) is 27.0 Å². The lowest BCUT2D eigenvalue weighted by molar-refractivity contribution is -0.138. The van der Waals surface area contributed by atoms with Gasteiger partial charge in [0.1, 0.15) is 0 Å². The summed E-state index contributed by atoms with van der Waals surface area (Å²) in [7, 11) is 0. The second kappa shape index (κ2) is 8.44. The second-order valence-electron chi connectivity index (χ2n) is 6.78. The maximum Gasteiger partial charge on any atom is 0.340 e. The first-order chi connectivity index (χ1) is 13.8. The number of esters is 1. The zero-order valence-electron chi connectivity index (χ0n) is 16.7. The maximum atomic E-state index is 13.4. The Morgan fingerprint density at radius 1 is 1.07 bits per heavy atom. The van der Waals surface area contributed by atoms with Crippen molar-refractivity contribution < 1.29 is 14.3 Å². The van der Waals surface area contributed by atoms with E-state index < -0.39 is 5.97 Å². The molecule has 0 aliphatic carbocycles. The first kappa shape index (κ1) is 21.2. The Bertz CT molecular complexity index is 1050. The summed E-state index contributed by atoms with van der Waals surface area (Å²) in [5.74, 6) is -0.885. The van der Waals surface area contributed by atoms with E-state index in [1.165, 1.54) is 4.90 Å². The van der Waals surface area contributed by atoms with Crippen molar-refractivity contribution in [3.05, 3.63) is 80.0 Å². The largest absolute Gasteiger partial charge is 0.462 e. The minimum absolute atomic E-state index is 0.202. The molecule has 0 fully saturated rings. The van der Waals surface area contributed by atoms with Gasteiger partial charge in [-0.25, -0.2) is 4.79 Å². The molecule has 0 bridgehead atoms. The van der Waals surface area contributed by atoms with Crippen LogP contribution in [0, 0.1) is 13.8 Å². The van der Waals surface area contributed by atoms with Gasteiger partial charge in [0.05, 0.1) is 17.8 Å². The van der Waals surface area contributed by atoms with Crippen LogP contribution in [0.5, 0.6) is 0 Å². The van der Waals surface area contributed by atoms with Crippen molar-refractivity contribution in [2.45, 2.75) is 27.7 Å². The van der Waals surface area contributed by atoms with Crippen LogP contribution in [-0.4, -0.2) is 18.5 Å². The van der Waals surface area contributed by atoms with Crippen molar-refractivity contribution in [1.82, 2.24) is 0 Å². The molecule has 1 aliphatic heterocycles. The molecule has 0 N–H and O–H groups in total. The minimum atomic E-state index is -0.556. The fourth-order valence-corrected chi connectivity index (χ4v) is 3.76. The molecule has 0 saturated carbocycles. The standard InChI is InChI=1S/C23H21Cl2NO3/c1-5-29-23(28)21-15(4)26(16-10-9-13(2)14(3)11-16)22(27)18(21)12-17-19(24)7-6-8-20(17)25/h6-12H,5H2,1-4H3/b18-12-. The Morgan fingerprint density at radius 2 is 1.72 bits per heavy atom. The zero-order chi connectivity index (χ0) is 21.3. The number of carbonyl (C=O) groups is 2. The van der Waals surface area contributed by atoms with Gasteiger partial charge >= 0.3 is 5.97 Å². The van der Waals surface area contributed by atoms with E-state index in [1.54, 1.807) is 38.1 Å². The van der Waals surface area contributed by atoms with E-state index >= 15 is 0 Å². The van der Waals surface area contributed by atoms with E-state index in [4.69, 9.17) is 27.9 Å². The molecule has 0 radical (unpaired) electrons. The van der Waals surface area contributed by atoms with Gasteiger partial charge in [-0.2, -0.15) is 0 Å². The lowest BCUT2D eigenvalue weighted by Gasteiger charge is -2.19. The lowest BCUT2D eigenvalue weighted by atomic mass is 10.0. The molecule has 0 atom stereocenters. The summed E-state index contributed by atoms with van der Waals surface area (Å²) in [5.41, 5.74) is 4.26. The molecule has 29 heavy (non-hydrogen) atoms. The third kappa shape index (κ3) is 3.96. The van der Waals surface area contributed by atoms with Crippen LogP contribution < -0.4 is 4.90 Å². The number of ether oxygens (including phenoxy) is 1. The average molecular weight is 430 g/mol. The summed E-state index contributed by atoms with van der Waals surface area (Å²) in [5, 5.41) is 0.784. The van der Waals surface area contributed by atoms with Gasteiger partial charge in [0.2, 0.25) is 0 Å². The van der Waals surface area contributed by atoms with Crippen LogP contribution in [-0.2, 0) is 14.3 Å². The van der Waals surface area contributed by atoms with Crippen LogP contribution in [0.4, 0.5) is 5.69 Å². The SMILES string of the molecule is CCOC(=O)C1=C(C)N(c2ccc(C)c(C)c2)C(=O)/C1=C\c1c(Cl)cccc1Cl. The highest BCUT2D eigenvalue weighted by atomic mass is 35.5. The van der Waals surface area contributed by atoms with E-state index in [0.717, 1.165) is 11.1 Å². The summed E-state index contributed by atoms with van der Waals surface area (Å²) in [6, 6.07) is 10.8. The zero-order valence-corrected chi connectivity index (χ0v) is 18.2. The second-order valence-corrected chi connectivity index (χ2v) is 7.60. The molecule has 4 nitrogen and oxygen atoms in total. The number of nitrogens with zero attached hydrogens (tertiary/aromatic N) is 1. The fourth-order valence-electron chi connectivity index (χ4n) is 3.25. The number of allylic oxidation sites excluding steroid dienone is 1. The molecule has 6 heteroatoms.